The van der Waals surface area contributed by atoms with E-state index in [2.05, 4.69) is 10.2 Å². The average Bonchev–Trinajstić information content (AvgIpc) is 2.92. The number of nitrogen functional groups attached to an aromatic ring is 1. The summed E-state index contributed by atoms with van der Waals surface area (Å²) in [4.78, 5) is 10.9. The number of nitrogens with zero attached hydrogens (tertiary/aromatic N) is 4. The van der Waals surface area contributed by atoms with Crippen molar-refractivity contribution in [3.05, 3.63) is 28.3 Å². The molecule has 0 aliphatic rings. The molecule has 0 unspecified atom stereocenters. The molecule has 0 saturated heterocycles. The van der Waals surface area contributed by atoms with E-state index in [1.807, 2.05) is 13.8 Å². The Morgan fingerprint density at radius 1 is 1.45 bits per heavy atom. The molecule has 0 amide bonds. The van der Waals surface area contributed by atoms with Crippen molar-refractivity contribution in [2.24, 2.45) is 0 Å². The molecular weight excluding hydrogens is 282 g/mol. The van der Waals surface area contributed by atoms with Crippen molar-refractivity contribution < 1.29 is 9.90 Å². The van der Waals surface area contributed by atoms with Crippen LogP contribution in [0, 0.1) is 0 Å². The van der Waals surface area contributed by atoms with Crippen LogP contribution in [0.2, 0.25) is 5.02 Å². The normalized spacial score (nSPS) is 10.9. The Bertz CT molecular complexity index is 647. The fourth-order valence-corrected chi connectivity index (χ4v) is 2.33. The molecule has 2 heterocycles. The minimum atomic E-state index is -1.15. The largest absolute Gasteiger partial charge is 0.476 e. The number of halogens is 1. The molecule has 2 aromatic heterocycles. The summed E-state index contributed by atoms with van der Waals surface area (Å²) in [6.07, 6.45) is 2.22. The topological polar surface area (TPSA) is 99.0 Å². The van der Waals surface area contributed by atoms with Crippen LogP contribution in [-0.2, 0) is 19.5 Å². The van der Waals surface area contributed by atoms with E-state index >= 15 is 0 Å². The standard InChI is InChI=1S/C12H16ClN5O2/c1-3-8-10(13)9(18(4-2)15-8)6-17-5-7(14)11(16-17)12(19)20/h5H,3-4,6,14H2,1-2H3,(H,19,20). The van der Waals surface area contributed by atoms with Crippen LogP contribution in [0.1, 0.15) is 35.7 Å². The number of rotatable bonds is 5. The maximum atomic E-state index is 10.9. The van der Waals surface area contributed by atoms with Gasteiger partial charge in [-0.2, -0.15) is 10.2 Å². The summed E-state index contributed by atoms with van der Waals surface area (Å²) in [5.41, 5.74) is 7.21. The quantitative estimate of drug-likeness (QED) is 0.874. The molecule has 2 rings (SSSR count). The zero-order valence-electron chi connectivity index (χ0n) is 11.3. The van der Waals surface area contributed by atoms with E-state index in [1.165, 1.54) is 10.9 Å². The van der Waals surface area contributed by atoms with Gasteiger partial charge in [0.25, 0.3) is 0 Å². The summed E-state index contributed by atoms with van der Waals surface area (Å²) >= 11 is 6.30. The van der Waals surface area contributed by atoms with Crippen LogP contribution < -0.4 is 5.73 Å². The molecule has 0 saturated carbocycles. The summed E-state index contributed by atoms with van der Waals surface area (Å²) in [6, 6.07) is 0. The molecule has 0 aliphatic heterocycles. The van der Waals surface area contributed by atoms with Crippen LogP contribution in [0.25, 0.3) is 0 Å². The molecule has 0 atom stereocenters. The summed E-state index contributed by atoms with van der Waals surface area (Å²) in [5.74, 6) is -1.15. The molecule has 8 heteroatoms. The van der Waals surface area contributed by atoms with Gasteiger partial charge in [-0.3, -0.25) is 9.36 Å². The number of carboxylic acids is 1. The van der Waals surface area contributed by atoms with Gasteiger partial charge in [0, 0.05) is 12.7 Å². The Kier molecular flexibility index (Phi) is 3.99. The van der Waals surface area contributed by atoms with Crippen molar-refractivity contribution in [2.75, 3.05) is 5.73 Å². The van der Waals surface area contributed by atoms with Gasteiger partial charge in [0.15, 0.2) is 5.69 Å². The number of hydrogen-bond acceptors (Lipinski definition) is 4. The predicted octanol–water partition coefficient (Wildman–Crippen LogP) is 1.64. The first-order chi connectivity index (χ1) is 9.47. The fourth-order valence-electron chi connectivity index (χ4n) is 2.01. The Labute approximate surface area is 120 Å². The second-order valence-electron chi connectivity index (χ2n) is 4.31. The van der Waals surface area contributed by atoms with Gasteiger partial charge in [-0.1, -0.05) is 18.5 Å². The molecular formula is C12H16ClN5O2. The highest BCUT2D eigenvalue weighted by Gasteiger charge is 2.18. The van der Waals surface area contributed by atoms with E-state index in [1.54, 1.807) is 4.68 Å². The molecule has 0 aliphatic carbocycles. The zero-order chi connectivity index (χ0) is 14.9. The first-order valence-electron chi connectivity index (χ1n) is 6.28. The van der Waals surface area contributed by atoms with Gasteiger partial charge in [0.05, 0.1) is 28.6 Å². The molecule has 0 bridgehead atoms. The van der Waals surface area contributed by atoms with E-state index in [4.69, 9.17) is 22.4 Å². The number of carboxylic acid groups (broad SMARTS) is 1. The van der Waals surface area contributed by atoms with E-state index in [0.29, 0.717) is 18.1 Å². The molecule has 7 nitrogen and oxygen atoms in total. The summed E-state index contributed by atoms with van der Waals surface area (Å²) in [7, 11) is 0. The van der Waals surface area contributed by atoms with Crippen molar-refractivity contribution >= 4 is 23.3 Å². The van der Waals surface area contributed by atoms with Crippen molar-refractivity contribution in [1.29, 1.82) is 0 Å². The van der Waals surface area contributed by atoms with Gasteiger partial charge in [0.2, 0.25) is 0 Å². The van der Waals surface area contributed by atoms with Crippen LogP contribution in [0.4, 0.5) is 5.69 Å². The number of hydrogen-bond donors (Lipinski definition) is 2. The second kappa shape index (κ2) is 5.54. The number of anilines is 1. The first kappa shape index (κ1) is 14.4. The Balaban J connectivity index is 2.37. The third kappa shape index (κ3) is 2.49. The number of aryl methyl sites for hydroxylation is 2. The van der Waals surface area contributed by atoms with Crippen molar-refractivity contribution in [1.82, 2.24) is 19.6 Å². The highest BCUT2D eigenvalue weighted by Crippen LogP contribution is 2.23. The van der Waals surface area contributed by atoms with Crippen LogP contribution in [0.5, 0.6) is 0 Å². The smallest absolute Gasteiger partial charge is 0.358 e. The second-order valence-corrected chi connectivity index (χ2v) is 4.69. The van der Waals surface area contributed by atoms with E-state index in [9.17, 15) is 4.79 Å². The van der Waals surface area contributed by atoms with Crippen molar-refractivity contribution in [3.8, 4) is 0 Å². The van der Waals surface area contributed by atoms with Crippen LogP contribution >= 0.6 is 11.6 Å². The van der Waals surface area contributed by atoms with Gasteiger partial charge in [-0.15, -0.1) is 0 Å². The summed E-state index contributed by atoms with van der Waals surface area (Å²) in [5, 5.41) is 17.9. The maximum absolute atomic E-state index is 10.9. The van der Waals surface area contributed by atoms with E-state index in [-0.39, 0.29) is 11.4 Å². The first-order valence-corrected chi connectivity index (χ1v) is 6.65. The SMILES string of the molecule is CCc1nn(CC)c(Cn2cc(N)c(C(=O)O)n2)c1Cl. The Hall–Kier alpha value is -2.02. The van der Waals surface area contributed by atoms with Gasteiger partial charge in [-0.05, 0) is 13.3 Å². The van der Waals surface area contributed by atoms with Crippen molar-refractivity contribution in [3.63, 3.8) is 0 Å². The number of aromatic carboxylic acids is 1. The zero-order valence-corrected chi connectivity index (χ0v) is 12.1. The van der Waals surface area contributed by atoms with Gasteiger partial charge >= 0.3 is 5.97 Å². The highest BCUT2D eigenvalue weighted by molar-refractivity contribution is 6.31. The Morgan fingerprint density at radius 2 is 2.15 bits per heavy atom. The molecule has 0 fully saturated rings. The summed E-state index contributed by atoms with van der Waals surface area (Å²) in [6.45, 7) is 4.95. The molecule has 0 aromatic carbocycles. The molecule has 0 spiro atoms. The lowest BCUT2D eigenvalue weighted by molar-refractivity contribution is 0.0690. The molecule has 20 heavy (non-hydrogen) atoms. The third-order valence-electron chi connectivity index (χ3n) is 3.00. The lowest BCUT2D eigenvalue weighted by Crippen LogP contribution is -2.09. The number of carbonyl (C=O) groups is 1. The molecule has 0 radical (unpaired) electrons. The summed E-state index contributed by atoms with van der Waals surface area (Å²) < 4.78 is 3.26. The monoisotopic (exact) mass is 297 g/mol. The molecule has 108 valence electrons. The fraction of sp³-hybridized carbons (Fsp3) is 0.417. The van der Waals surface area contributed by atoms with Crippen LogP contribution in [0.15, 0.2) is 6.20 Å². The van der Waals surface area contributed by atoms with Gasteiger partial charge in [-0.25, -0.2) is 4.79 Å². The minimum Gasteiger partial charge on any atom is -0.476 e. The maximum Gasteiger partial charge on any atom is 0.358 e. The number of aromatic nitrogens is 4. The van der Waals surface area contributed by atoms with Crippen LogP contribution in [0.3, 0.4) is 0 Å². The third-order valence-corrected chi connectivity index (χ3v) is 3.43. The highest BCUT2D eigenvalue weighted by atomic mass is 35.5. The van der Waals surface area contributed by atoms with Gasteiger partial charge < -0.3 is 10.8 Å². The predicted molar refractivity (Wildman–Crippen MR) is 75.0 cm³/mol. The van der Waals surface area contributed by atoms with Crippen molar-refractivity contribution in [2.45, 2.75) is 33.4 Å². The van der Waals surface area contributed by atoms with E-state index < -0.39 is 5.97 Å². The average molecular weight is 298 g/mol. The number of nitrogens with two attached hydrogens (primary N) is 1. The van der Waals surface area contributed by atoms with E-state index in [0.717, 1.165) is 17.8 Å². The molecule has 2 aromatic rings. The lowest BCUT2D eigenvalue weighted by Gasteiger charge is -2.05. The van der Waals surface area contributed by atoms with Crippen LogP contribution in [-0.4, -0.2) is 30.6 Å². The Morgan fingerprint density at radius 3 is 2.65 bits per heavy atom. The molecule has 3 N–H and O–H groups in total. The lowest BCUT2D eigenvalue weighted by atomic mass is 10.3. The minimum absolute atomic E-state index is 0.131. The van der Waals surface area contributed by atoms with Gasteiger partial charge in [0.1, 0.15) is 0 Å².